The van der Waals surface area contributed by atoms with E-state index in [9.17, 15) is 14.4 Å². The lowest BCUT2D eigenvalue weighted by atomic mass is 9.73. The topological polar surface area (TPSA) is 88.2 Å². The molecular formula is C22H29N3O5. The third-order valence-electron chi connectivity index (χ3n) is 6.52. The molecule has 8 nitrogen and oxygen atoms in total. The Morgan fingerprint density at radius 1 is 1.27 bits per heavy atom. The summed E-state index contributed by atoms with van der Waals surface area (Å²) in [5.41, 5.74) is -0.851. The van der Waals surface area contributed by atoms with Crippen molar-refractivity contribution in [3.8, 4) is 11.5 Å². The first-order valence-electron chi connectivity index (χ1n) is 10.7. The van der Waals surface area contributed by atoms with Crippen molar-refractivity contribution in [3.05, 3.63) is 24.3 Å². The van der Waals surface area contributed by atoms with Crippen LogP contribution in [0, 0.1) is 5.92 Å². The molecule has 0 bridgehead atoms. The second kappa shape index (κ2) is 8.16. The van der Waals surface area contributed by atoms with E-state index in [1.807, 2.05) is 38.1 Å². The Hall–Kier alpha value is -2.77. The zero-order valence-electron chi connectivity index (χ0n) is 17.6. The number of imide groups is 1. The van der Waals surface area contributed by atoms with Crippen LogP contribution in [0.5, 0.6) is 11.5 Å². The van der Waals surface area contributed by atoms with E-state index in [0.717, 1.165) is 24.2 Å². The van der Waals surface area contributed by atoms with Gasteiger partial charge in [-0.25, -0.2) is 4.79 Å². The number of urea groups is 1. The van der Waals surface area contributed by atoms with E-state index in [4.69, 9.17) is 9.47 Å². The van der Waals surface area contributed by atoms with Gasteiger partial charge in [-0.3, -0.25) is 14.5 Å². The van der Waals surface area contributed by atoms with Crippen LogP contribution in [0.25, 0.3) is 0 Å². The SMILES string of the molecule is CCN(C[C@@H]1COc2ccccc2O1)C(=O)CN1C(=O)N[C@@]2(CCCC[C@@H]2C)C1=O. The quantitative estimate of drug-likeness (QED) is 0.745. The Labute approximate surface area is 176 Å². The van der Waals surface area contributed by atoms with Crippen molar-refractivity contribution < 1.29 is 23.9 Å². The van der Waals surface area contributed by atoms with Gasteiger partial charge in [0, 0.05) is 6.54 Å². The van der Waals surface area contributed by atoms with E-state index >= 15 is 0 Å². The third kappa shape index (κ3) is 3.59. The van der Waals surface area contributed by atoms with Crippen LogP contribution in [0.3, 0.4) is 0 Å². The van der Waals surface area contributed by atoms with Crippen LogP contribution in [-0.4, -0.2) is 65.5 Å². The van der Waals surface area contributed by atoms with Gasteiger partial charge in [0.15, 0.2) is 17.6 Å². The second-order valence-corrected chi connectivity index (χ2v) is 8.37. The van der Waals surface area contributed by atoms with E-state index < -0.39 is 11.6 Å². The number of carbonyl (C=O) groups is 3. The molecule has 1 aromatic carbocycles. The highest BCUT2D eigenvalue weighted by molar-refractivity contribution is 6.09. The molecule has 4 amide bonds. The van der Waals surface area contributed by atoms with Gasteiger partial charge >= 0.3 is 6.03 Å². The van der Waals surface area contributed by atoms with Crippen LogP contribution in [0.4, 0.5) is 4.79 Å². The average Bonchev–Trinajstić information content (AvgIpc) is 2.98. The molecular weight excluding hydrogens is 386 g/mol. The number of nitrogens with zero attached hydrogens (tertiary/aromatic N) is 2. The van der Waals surface area contributed by atoms with Crippen molar-refractivity contribution in [2.75, 3.05) is 26.2 Å². The lowest BCUT2D eigenvalue weighted by Gasteiger charge is -2.37. The number of hydrogen-bond acceptors (Lipinski definition) is 5. The molecule has 0 unspecified atom stereocenters. The lowest BCUT2D eigenvalue weighted by molar-refractivity contribution is -0.141. The van der Waals surface area contributed by atoms with Crippen molar-refractivity contribution in [1.29, 1.82) is 0 Å². The van der Waals surface area contributed by atoms with Crippen molar-refractivity contribution in [3.63, 3.8) is 0 Å². The molecule has 2 heterocycles. The van der Waals surface area contributed by atoms with Gasteiger partial charge in [0.05, 0.1) is 6.54 Å². The molecule has 1 spiro atoms. The number of rotatable bonds is 5. The number of hydrogen-bond donors (Lipinski definition) is 1. The number of carbonyl (C=O) groups excluding carboxylic acids is 3. The Morgan fingerprint density at radius 3 is 2.77 bits per heavy atom. The standard InChI is InChI=1S/C22H29N3O5/c1-3-24(12-16-14-29-17-9-4-5-10-18(17)30-16)19(26)13-25-20(27)22(23-21(25)28)11-7-6-8-15(22)2/h4-5,9-10,15-16H,3,6-8,11-14H2,1-2H3,(H,23,28)/t15-,16+,22+/m0/s1. The molecule has 8 heteroatoms. The van der Waals surface area contributed by atoms with Crippen LogP contribution in [0.2, 0.25) is 0 Å². The molecule has 30 heavy (non-hydrogen) atoms. The summed E-state index contributed by atoms with van der Waals surface area (Å²) in [5, 5.41) is 2.90. The minimum atomic E-state index is -0.851. The largest absolute Gasteiger partial charge is 0.486 e. The molecule has 162 valence electrons. The minimum absolute atomic E-state index is 0.0675. The van der Waals surface area contributed by atoms with E-state index in [2.05, 4.69) is 5.32 Å². The highest BCUT2D eigenvalue weighted by Gasteiger charge is 2.55. The van der Waals surface area contributed by atoms with Crippen LogP contribution in [-0.2, 0) is 9.59 Å². The van der Waals surface area contributed by atoms with Gasteiger partial charge in [-0.1, -0.05) is 31.9 Å². The Balaban J connectivity index is 1.40. The third-order valence-corrected chi connectivity index (χ3v) is 6.52. The number of fused-ring (bicyclic) bond motifs is 1. The number of para-hydroxylation sites is 2. The number of benzene rings is 1. The summed E-state index contributed by atoms with van der Waals surface area (Å²) in [6.07, 6.45) is 3.18. The van der Waals surface area contributed by atoms with E-state index in [1.165, 1.54) is 0 Å². The van der Waals surface area contributed by atoms with E-state index in [-0.39, 0.29) is 30.4 Å². The lowest BCUT2D eigenvalue weighted by Crippen LogP contribution is -2.54. The maximum Gasteiger partial charge on any atom is 0.325 e. The van der Waals surface area contributed by atoms with Crippen molar-refractivity contribution >= 4 is 17.8 Å². The van der Waals surface area contributed by atoms with Crippen LogP contribution < -0.4 is 14.8 Å². The molecule has 4 rings (SSSR count). The summed E-state index contributed by atoms with van der Waals surface area (Å²) in [6.45, 7) is 4.73. The highest BCUT2D eigenvalue weighted by atomic mass is 16.6. The maximum atomic E-state index is 13.1. The predicted molar refractivity (Wildman–Crippen MR) is 109 cm³/mol. The second-order valence-electron chi connectivity index (χ2n) is 8.37. The first-order valence-corrected chi connectivity index (χ1v) is 10.7. The first-order chi connectivity index (χ1) is 14.4. The number of ether oxygens (including phenoxy) is 2. The van der Waals surface area contributed by atoms with Crippen molar-refractivity contribution in [2.24, 2.45) is 5.92 Å². The molecule has 1 saturated carbocycles. The molecule has 2 fully saturated rings. The summed E-state index contributed by atoms with van der Waals surface area (Å²) in [5.74, 6) is 0.867. The fourth-order valence-electron chi connectivity index (χ4n) is 4.68. The molecule has 1 aliphatic carbocycles. The Kier molecular flexibility index (Phi) is 5.58. The number of likely N-dealkylation sites (N-methyl/N-ethyl adjacent to an activating group) is 1. The molecule has 1 saturated heterocycles. The normalized spacial score (nSPS) is 27.9. The molecule has 2 aliphatic heterocycles. The first kappa shape index (κ1) is 20.5. The fourth-order valence-corrected chi connectivity index (χ4v) is 4.68. The smallest absolute Gasteiger partial charge is 0.325 e. The van der Waals surface area contributed by atoms with Crippen molar-refractivity contribution in [2.45, 2.75) is 51.2 Å². The van der Waals surface area contributed by atoms with Crippen LogP contribution in [0.1, 0.15) is 39.5 Å². The van der Waals surface area contributed by atoms with Crippen LogP contribution >= 0.6 is 0 Å². The van der Waals surface area contributed by atoms with E-state index in [1.54, 1.807) is 4.90 Å². The van der Waals surface area contributed by atoms with Gasteiger partial charge < -0.3 is 19.7 Å². The van der Waals surface area contributed by atoms with Gasteiger partial charge in [0.1, 0.15) is 18.7 Å². The predicted octanol–water partition coefficient (Wildman–Crippen LogP) is 2.18. The van der Waals surface area contributed by atoms with Gasteiger partial charge in [0.25, 0.3) is 5.91 Å². The Bertz CT molecular complexity index is 844. The summed E-state index contributed by atoms with van der Waals surface area (Å²) >= 11 is 0. The molecule has 1 N–H and O–H groups in total. The average molecular weight is 415 g/mol. The fraction of sp³-hybridized carbons (Fsp3) is 0.591. The molecule has 3 aliphatic rings. The number of amides is 4. The van der Waals surface area contributed by atoms with E-state index in [0.29, 0.717) is 37.6 Å². The molecule has 0 aromatic heterocycles. The highest BCUT2D eigenvalue weighted by Crippen LogP contribution is 2.38. The zero-order valence-corrected chi connectivity index (χ0v) is 17.6. The van der Waals surface area contributed by atoms with Gasteiger partial charge in [-0.05, 0) is 37.8 Å². The molecule has 3 atom stereocenters. The van der Waals surface area contributed by atoms with Gasteiger partial charge in [-0.2, -0.15) is 0 Å². The summed E-state index contributed by atoms with van der Waals surface area (Å²) in [7, 11) is 0. The number of nitrogens with one attached hydrogen (secondary N) is 1. The van der Waals surface area contributed by atoms with Crippen molar-refractivity contribution in [1.82, 2.24) is 15.1 Å². The summed E-state index contributed by atoms with van der Waals surface area (Å²) in [6, 6.07) is 6.95. The zero-order chi connectivity index (χ0) is 21.3. The molecule has 1 aromatic rings. The van der Waals surface area contributed by atoms with Gasteiger partial charge in [0.2, 0.25) is 5.91 Å². The Morgan fingerprint density at radius 2 is 2.03 bits per heavy atom. The van der Waals surface area contributed by atoms with Crippen LogP contribution in [0.15, 0.2) is 24.3 Å². The monoisotopic (exact) mass is 415 g/mol. The molecule has 0 radical (unpaired) electrons. The minimum Gasteiger partial charge on any atom is -0.486 e. The summed E-state index contributed by atoms with van der Waals surface area (Å²) < 4.78 is 11.7. The summed E-state index contributed by atoms with van der Waals surface area (Å²) in [4.78, 5) is 41.3. The maximum absolute atomic E-state index is 13.1. The van der Waals surface area contributed by atoms with Gasteiger partial charge in [-0.15, -0.1) is 0 Å².